The van der Waals surface area contributed by atoms with E-state index in [2.05, 4.69) is 20.6 Å². The van der Waals surface area contributed by atoms with E-state index in [4.69, 9.17) is 4.74 Å². The summed E-state index contributed by atoms with van der Waals surface area (Å²) < 4.78 is 7.15. The van der Waals surface area contributed by atoms with Crippen LogP contribution < -0.4 is 5.32 Å². The quantitative estimate of drug-likeness (QED) is 0.896. The third kappa shape index (κ3) is 3.29. The highest BCUT2D eigenvalue weighted by atomic mass is 16.5. The molecule has 7 nitrogen and oxygen atoms in total. The lowest BCUT2D eigenvalue weighted by atomic mass is 10.0. The molecule has 0 aromatic carbocycles. The van der Waals surface area contributed by atoms with Gasteiger partial charge in [0, 0.05) is 38.1 Å². The molecule has 23 heavy (non-hydrogen) atoms. The molecular formula is C16H23N5O2. The van der Waals surface area contributed by atoms with Crippen LogP contribution in [0.5, 0.6) is 0 Å². The summed E-state index contributed by atoms with van der Waals surface area (Å²) in [5.41, 5.74) is 4.15. The van der Waals surface area contributed by atoms with E-state index >= 15 is 0 Å². The van der Waals surface area contributed by atoms with Crippen molar-refractivity contribution in [1.29, 1.82) is 0 Å². The molecule has 7 heteroatoms. The van der Waals surface area contributed by atoms with Crippen LogP contribution in [0.15, 0.2) is 6.07 Å². The number of ether oxygens (including phenoxy) is 1. The maximum absolute atomic E-state index is 12.3. The number of H-pyrrole nitrogens is 1. The number of aromatic nitrogens is 4. The van der Waals surface area contributed by atoms with Crippen LogP contribution in [0.3, 0.4) is 0 Å². The van der Waals surface area contributed by atoms with Crippen molar-refractivity contribution in [3.63, 3.8) is 0 Å². The minimum Gasteiger partial charge on any atom is -0.381 e. The van der Waals surface area contributed by atoms with E-state index < -0.39 is 0 Å². The molecule has 2 aromatic rings. The van der Waals surface area contributed by atoms with Gasteiger partial charge in [0.15, 0.2) is 0 Å². The number of nitrogens with zero attached hydrogens (tertiary/aromatic N) is 3. The molecule has 0 bridgehead atoms. The molecule has 2 aromatic heterocycles. The Morgan fingerprint density at radius 3 is 2.83 bits per heavy atom. The highest BCUT2D eigenvalue weighted by Crippen LogP contribution is 2.25. The SMILES string of the molecule is Cc1nn(C)c(C)c1-c1cc(C(=O)NCC2CCOCC2)[nH]n1. The van der Waals surface area contributed by atoms with Crippen molar-refractivity contribution in [2.24, 2.45) is 13.0 Å². The fraction of sp³-hybridized carbons (Fsp3) is 0.562. The third-order valence-electron chi connectivity index (χ3n) is 4.48. The molecule has 0 radical (unpaired) electrons. The molecule has 1 saturated heterocycles. The van der Waals surface area contributed by atoms with Crippen LogP contribution in [-0.4, -0.2) is 45.6 Å². The smallest absolute Gasteiger partial charge is 0.269 e. The summed E-state index contributed by atoms with van der Waals surface area (Å²) in [5.74, 6) is 0.382. The predicted molar refractivity (Wildman–Crippen MR) is 86.1 cm³/mol. The number of hydrogen-bond acceptors (Lipinski definition) is 4. The molecule has 0 atom stereocenters. The molecule has 124 valence electrons. The monoisotopic (exact) mass is 317 g/mol. The van der Waals surface area contributed by atoms with Crippen molar-refractivity contribution in [2.75, 3.05) is 19.8 Å². The highest BCUT2D eigenvalue weighted by Gasteiger charge is 2.19. The lowest BCUT2D eigenvalue weighted by Crippen LogP contribution is -2.32. The van der Waals surface area contributed by atoms with E-state index in [1.165, 1.54) is 0 Å². The Kier molecular flexibility index (Phi) is 4.47. The van der Waals surface area contributed by atoms with Crippen LogP contribution >= 0.6 is 0 Å². The maximum Gasteiger partial charge on any atom is 0.269 e. The fourth-order valence-electron chi connectivity index (χ4n) is 2.99. The number of amides is 1. The Labute approximate surface area is 135 Å². The lowest BCUT2D eigenvalue weighted by Gasteiger charge is -2.21. The van der Waals surface area contributed by atoms with E-state index in [1.807, 2.05) is 25.6 Å². The number of aryl methyl sites for hydroxylation is 2. The molecule has 2 N–H and O–H groups in total. The number of aromatic amines is 1. The molecule has 1 amide bonds. The second-order valence-corrected chi connectivity index (χ2v) is 6.10. The first-order valence-electron chi connectivity index (χ1n) is 7.98. The molecule has 1 aliphatic rings. The Bertz CT molecular complexity index is 697. The van der Waals surface area contributed by atoms with Gasteiger partial charge in [0.2, 0.25) is 0 Å². The summed E-state index contributed by atoms with van der Waals surface area (Å²) in [5, 5.41) is 14.5. The van der Waals surface area contributed by atoms with Gasteiger partial charge >= 0.3 is 0 Å². The number of nitrogens with one attached hydrogen (secondary N) is 2. The molecule has 0 unspecified atom stereocenters. The second kappa shape index (κ2) is 6.54. The van der Waals surface area contributed by atoms with Gasteiger partial charge in [0.05, 0.1) is 11.4 Å². The van der Waals surface area contributed by atoms with Crippen LogP contribution in [0.2, 0.25) is 0 Å². The first kappa shape index (κ1) is 15.7. The normalized spacial score (nSPS) is 15.8. The zero-order valence-electron chi connectivity index (χ0n) is 13.8. The van der Waals surface area contributed by atoms with E-state index in [0.29, 0.717) is 18.2 Å². The molecular weight excluding hydrogens is 294 g/mol. The number of carbonyl (C=O) groups is 1. The third-order valence-corrected chi connectivity index (χ3v) is 4.48. The second-order valence-electron chi connectivity index (χ2n) is 6.10. The summed E-state index contributed by atoms with van der Waals surface area (Å²) in [4.78, 5) is 12.3. The first-order chi connectivity index (χ1) is 11.1. The van der Waals surface area contributed by atoms with Gasteiger partial charge in [-0.25, -0.2) is 0 Å². The average molecular weight is 317 g/mol. The van der Waals surface area contributed by atoms with Crippen molar-refractivity contribution in [2.45, 2.75) is 26.7 Å². The van der Waals surface area contributed by atoms with Crippen LogP contribution in [0.1, 0.15) is 34.7 Å². The van der Waals surface area contributed by atoms with Crippen LogP contribution in [0.25, 0.3) is 11.3 Å². The molecule has 0 spiro atoms. The van der Waals surface area contributed by atoms with E-state index in [0.717, 1.165) is 48.7 Å². The van der Waals surface area contributed by atoms with Crippen LogP contribution in [0.4, 0.5) is 0 Å². The standard InChI is InChI=1S/C16H23N5O2/c1-10-15(11(2)21(3)20-10)13-8-14(19-18-13)16(22)17-9-12-4-6-23-7-5-12/h8,12H,4-7,9H2,1-3H3,(H,17,22)(H,18,19). The van der Waals surface area contributed by atoms with Crippen molar-refractivity contribution in [3.05, 3.63) is 23.1 Å². The number of hydrogen-bond donors (Lipinski definition) is 2. The molecule has 3 heterocycles. The summed E-state index contributed by atoms with van der Waals surface area (Å²) in [7, 11) is 1.90. The van der Waals surface area contributed by atoms with Gasteiger partial charge in [-0.3, -0.25) is 14.6 Å². The molecule has 1 fully saturated rings. The van der Waals surface area contributed by atoms with Crippen molar-refractivity contribution in [1.82, 2.24) is 25.3 Å². The van der Waals surface area contributed by atoms with Gasteiger partial charge in [-0.1, -0.05) is 0 Å². The van der Waals surface area contributed by atoms with Gasteiger partial charge in [0.25, 0.3) is 5.91 Å². The van der Waals surface area contributed by atoms with Gasteiger partial charge in [-0.05, 0) is 38.7 Å². The maximum atomic E-state index is 12.3. The minimum atomic E-state index is -0.116. The topological polar surface area (TPSA) is 84.8 Å². The Morgan fingerprint density at radius 2 is 2.17 bits per heavy atom. The first-order valence-corrected chi connectivity index (χ1v) is 7.98. The molecule has 0 aliphatic carbocycles. The Morgan fingerprint density at radius 1 is 1.43 bits per heavy atom. The van der Waals surface area contributed by atoms with Gasteiger partial charge < -0.3 is 10.1 Å². The largest absolute Gasteiger partial charge is 0.381 e. The van der Waals surface area contributed by atoms with E-state index in [-0.39, 0.29) is 5.91 Å². The Hall–Kier alpha value is -2.15. The predicted octanol–water partition coefficient (Wildman–Crippen LogP) is 1.58. The van der Waals surface area contributed by atoms with Crippen LogP contribution in [-0.2, 0) is 11.8 Å². The minimum absolute atomic E-state index is 0.116. The summed E-state index contributed by atoms with van der Waals surface area (Å²) >= 11 is 0. The zero-order valence-corrected chi connectivity index (χ0v) is 13.8. The van der Waals surface area contributed by atoms with Crippen LogP contribution in [0, 0.1) is 19.8 Å². The number of rotatable bonds is 4. The van der Waals surface area contributed by atoms with E-state index in [9.17, 15) is 4.79 Å². The summed E-state index contributed by atoms with van der Waals surface area (Å²) in [6.45, 7) is 6.20. The number of carbonyl (C=O) groups excluding carboxylic acids is 1. The van der Waals surface area contributed by atoms with Gasteiger partial charge in [-0.15, -0.1) is 0 Å². The average Bonchev–Trinajstić information content (AvgIpc) is 3.11. The van der Waals surface area contributed by atoms with Gasteiger partial charge in [0.1, 0.15) is 5.69 Å². The summed E-state index contributed by atoms with van der Waals surface area (Å²) in [6, 6.07) is 1.79. The zero-order chi connectivity index (χ0) is 16.4. The van der Waals surface area contributed by atoms with Crippen molar-refractivity contribution < 1.29 is 9.53 Å². The van der Waals surface area contributed by atoms with Gasteiger partial charge in [-0.2, -0.15) is 10.2 Å². The Balaban J connectivity index is 1.67. The summed E-state index contributed by atoms with van der Waals surface area (Å²) in [6.07, 6.45) is 2.01. The van der Waals surface area contributed by atoms with Crippen molar-refractivity contribution in [3.8, 4) is 11.3 Å². The molecule has 3 rings (SSSR count). The molecule has 0 saturated carbocycles. The molecule has 1 aliphatic heterocycles. The fourth-order valence-corrected chi connectivity index (χ4v) is 2.99. The van der Waals surface area contributed by atoms with E-state index in [1.54, 1.807) is 6.07 Å². The highest BCUT2D eigenvalue weighted by molar-refractivity contribution is 5.93. The van der Waals surface area contributed by atoms with Crippen molar-refractivity contribution >= 4 is 5.91 Å². The lowest BCUT2D eigenvalue weighted by molar-refractivity contribution is 0.0642.